The number of rotatable bonds is 10. The van der Waals surface area contributed by atoms with Crippen LogP contribution in [0.3, 0.4) is 0 Å². The molecule has 0 rings (SSSR count). The Balaban J connectivity index is 4.81. The molecule has 0 aromatic heterocycles. The molecule has 1 atom stereocenters. The second kappa shape index (κ2) is 9.34. The molecule has 0 spiro atoms. The summed E-state index contributed by atoms with van der Waals surface area (Å²) in [6.07, 6.45) is 5.27. The molecule has 0 aliphatic heterocycles. The largest absolute Gasteiger partial charge is 0.463 e. The molecule has 4 nitrogen and oxygen atoms in total. The third-order valence-corrected chi connectivity index (χ3v) is 3.78. The van der Waals surface area contributed by atoms with Gasteiger partial charge in [-0.25, -0.2) is 9.59 Å². The van der Waals surface area contributed by atoms with Crippen LogP contribution in [0.5, 0.6) is 0 Å². The highest BCUT2D eigenvalue weighted by molar-refractivity contribution is 5.81. The summed E-state index contributed by atoms with van der Waals surface area (Å²) in [5, 5.41) is 0. The highest BCUT2D eigenvalue weighted by Crippen LogP contribution is 2.34. The van der Waals surface area contributed by atoms with E-state index < -0.39 is 17.5 Å². The third kappa shape index (κ3) is 5.19. The van der Waals surface area contributed by atoms with E-state index in [1.54, 1.807) is 0 Å². The van der Waals surface area contributed by atoms with Crippen LogP contribution < -0.4 is 0 Å². The van der Waals surface area contributed by atoms with Crippen LogP contribution in [0.4, 0.5) is 0 Å². The molecule has 0 fully saturated rings. The molecule has 0 saturated heterocycles. The van der Waals surface area contributed by atoms with Gasteiger partial charge in [-0.05, 0) is 25.7 Å². The van der Waals surface area contributed by atoms with Gasteiger partial charge in [0.2, 0.25) is 0 Å². The van der Waals surface area contributed by atoms with Crippen molar-refractivity contribution >= 4 is 11.9 Å². The number of hydrogen-bond donors (Lipinski definition) is 0. The van der Waals surface area contributed by atoms with E-state index in [9.17, 15) is 9.59 Å². The highest BCUT2D eigenvalue weighted by Gasteiger charge is 2.37. The van der Waals surface area contributed by atoms with Crippen molar-refractivity contribution in [1.29, 1.82) is 0 Å². The molecule has 0 aliphatic rings. The van der Waals surface area contributed by atoms with Gasteiger partial charge in [-0.2, -0.15) is 0 Å². The van der Waals surface area contributed by atoms with Gasteiger partial charge in [0.15, 0.2) is 0 Å². The lowest BCUT2D eigenvalue weighted by atomic mass is 9.79. The van der Waals surface area contributed by atoms with Gasteiger partial charge >= 0.3 is 11.9 Å². The maximum atomic E-state index is 11.6. The Morgan fingerprint density at radius 1 is 1.10 bits per heavy atom. The zero-order valence-corrected chi connectivity index (χ0v) is 12.8. The first-order chi connectivity index (χ1) is 9.49. The molecule has 0 amide bonds. The molecular weight excluding hydrogens is 256 g/mol. The van der Waals surface area contributed by atoms with Gasteiger partial charge < -0.3 is 9.47 Å². The summed E-state index contributed by atoms with van der Waals surface area (Å²) in [4.78, 5) is 22.6. The topological polar surface area (TPSA) is 52.6 Å². The maximum absolute atomic E-state index is 11.6. The SMILES string of the molecule is C=CC(=O)OCCC(CC)C(CC)(CC)OC(=O)C=C. The second-order valence-electron chi connectivity index (χ2n) is 4.66. The van der Waals surface area contributed by atoms with Crippen LogP contribution in [-0.2, 0) is 19.1 Å². The summed E-state index contributed by atoms with van der Waals surface area (Å²) in [5.41, 5.74) is -0.527. The summed E-state index contributed by atoms with van der Waals surface area (Å²) in [7, 11) is 0. The van der Waals surface area contributed by atoms with E-state index >= 15 is 0 Å². The van der Waals surface area contributed by atoms with E-state index in [1.807, 2.05) is 20.8 Å². The predicted molar refractivity (Wildman–Crippen MR) is 79.2 cm³/mol. The fourth-order valence-corrected chi connectivity index (χ4v) is 2.50. The second-order valence-corrected chi connectivity index (χ2v) is 4.66. The fourth-order valence-electron chi connectivity index (χ4n) is 2.50. The van der Waals surface area contributed by atoms with Crippen molar-refractivity contribution in [2.45, 2.75) is 52.1 Å². The Kier molecular flexibility index (Phi) is 8.61. The normalized spacial score (nSPS) is 12.3. The maximum Gasteiger partial charge on any atom is 0.330 e. The summed E-state index contributed by atoms with van der Waals surface area (Å²) in [5.74, 6) is -0.698. The Hall–Kier alpha value is -1.58. The lowest BCUT2D eigenvalue weighted by Crippen LogP contribution is -2.41. The van der Waals surface area contributed by atoms with Crippen LogP contribution in [0.1, 0.15) is 46.5 Å². The molecule has 0 aliphatic carbocycles. The summed E-state index contributed by atoms with van der Waals surface area (Å²) in [6, 6.07) is 0. The lowest BCUT2D eigenvalue weighted by molar-refractivity contribution is -0.163. The fraction of sp³-hybridized carbons (Fsp3) is 0.625. The molecule has 1 unspecified atom stereocenters. The average Bonchev–Trinajstić information content (AvgIpc) is 2.49. The summed E-state index contributed by atoms with van der Waals surface area (Å²) >= 11 is 0. The van der Waals surface area contributed by atoms with Gasteiger partial charge in [0.1, 0.15) is 5.60 Å². The van der Waals surface area contributed by atoms with Crippen molar-refractivity contribution in [3.63, 3.8) is 0 Å². The lowest BCUT2D eigenvalue weighted by Gasteiger charge is -2.38. The number of esters is 2. The molecular formula is C16H26O4. The molecule has 0 aromatic rings. The average molecular weight is 282 g/mol. The zero-order chi connectivity index (χ0) is 15.6. The third-order valence-electron chi connectivity index (χ3n) is 3.78. The summed E-state index contributed by atoms with van der Waals surface area (Å²) in [6.45, 7) is 13.1. The van der Waals surface area contributed by atoms with Crippen LogP contribution in [0.2, 0.25) is 0 Å². The van der Waals surface area contributed by atoms with Crippen LogP contribution in [0.25, 0.3) is 0 Å². The molecule has 114 valence electrons. The minimum absolute atomic E-state index is 0.138. The number of hydrogen-bond acceptors (Lipinski definition) is 4. The van der Waals surface area contributed by atoms with Gasteiger partial charge in [0.05, 0.1) is 6.61 Å². The van der Waals surface area contributed by atoms with Crippen molar-refractivity contribution in [2.24, 2.45) is 5.92 Å². The van der Waals surface area contributed by atoms with Crippen molar-refractivity contribution in [1.82, 2.24) is 0 Å². The van der Waals surface area contributed by atoms with E-state index in [2.05, 4.69) is 13.2 Å². The van der Waals surface area contributed by atoms with Crippen LogP contribution in [-0.4, -0.2) is 24.1 Å². The highest BCUT2D eigenvalue weighted by atomic mass is 16.6. The van der Waals surface area contributed by atoms with E-state index in [1.165, 1.54) is 6.08 Å². The Morgan fingerprint density at radius 2 is 1.65 bits per heavy atom. The first-order valence-corrected chi connectivity index (χ1v) is 7.14. The van der Waals surface area contributed by atoms with E-state index in [0.717, 1.165) is 25.3 Å². The molecule has 0 heterocycles. The minimum atomic E-state index is -0.527. The number of carbonyl (C=O) groups excluding carboxylic acids is 2. The quantitative estimate of drug-likeness (QED) is 0.455. The predicted octanol–water partition coefficient (Wildman–Crippen LogP) is 3.42. The van der Waals surface area contributed by atoms with E-state index in [-0.39, 0.29) is 5.92 Å². The Labute approximate surface area is 121 Å². The van der Waals surface area contributed by atoms with Gasteiger partial charge in [0.25, 0.3) is 0 Å². The van der Waals surface area contributed by atoms with Crippen LogP contribution in [0.15, 0.2) is 25.3 Å². The van der Waals surface area contributed by atoms with Gasteiger partial charge in [-0.1, -0.05) is 33.9 Å². The zero-order valence-electron chi connectivity index (χ0n) is 12.8. The molecule has 0 radical (unpaired) electrons. The molecule has 0 N–H and O–H groups in total. The van der Waals surface area contributed by atoms with Gasteiger partial charge in [-0.3, -0.25) is 0 Å². The van der Waals surface area contributed by atoms with Crippen molar-refractivity contribution in [3.8, 4) is 0 Å². The first-order valence-electron chi connectivity index (χ1n) is 7.14. The van der Waals surface area contributed by atoms with Gasteiger partial charge in [-0.15, -0.1) is 0 Å². The van der Waals surface area contributed by atoms with Crippen LogP contribution in [0, 0.1) is 5.92 Å². The molecule has 20 heavy (non-hydrogen) atoms. The first kappa shape index (κ1) is 18.4. The van der Waals surface area contributed by atoms with Crippen LogP contribution >= 0.6 is 0 Å². The van der Waals surface area contributed by atoms with Gasteiger partial charge in [0, 0.05) is 18.1 Å². The Morgan fingerprint density at radius 3 is 2.05 bits per heavy atom. The van der Waals surface area contributed by atoms with Crippen molar-refractivity contribution in [3.05, 3.63) is 25.3 Å². The molecule has 0 aromatic carbocycles. The smallest absolute Gasteiger partial charge is 0.330 e. The molecule has 0 saturated carbocycles. The van der Waals surface area contributed by atoms with Crippen molar-refractivity contribution < 1.29 is 19.1 Å². The molecule has 4 heteroatoms. The van der Waals surface area contributed by atoms with E-state index in [0.29, 0.717) is 13.0 Å². The standard InChI is InChI=1S/C16H26O4/c1-6-13(11-12-19-14(17)7-2)16(9-4,10-5)20-15(18)8-3/h7-8,13H,2-3,6,9-12H2,1,4-5H3. The number of ether oxygens (including phenoxy) is 2. The molecule has 0 bridgehead atoms. The summed E-state index contributed by atoms with van der Waals surface area (Å²) < 4.78 is 10.6. The minimum Gasteiger partial charge on any atom is -0.463 e. The number of carbonyl (C=O) groups is 2. The monoisotopic (exact) mass is 282 g/mol. The van der Waals surface area contributed by atoms with E-state index in [4.69, 9.17) is 9.47 Å². The van der Waals surface area contributed by atoms with Crippen molar-refractivity contribution in [2.75, 3.05) is 6.61 Å². The Bertz CT molecular complexity index is 342.